The minimum atomic E-state index is -0.917. The quantitative estimate of drug-likeness (QED) is 0.205. The number of aliphatic hydroxyl groups excluding tert-OH is 3. The lowest BCUT2D eigenvalue weighted by atomic mass is 10.0. The summed E-state index contributed by atoms with van der Waals surface area (Å²) in [6.45, 7) is 4.72. The highest BCUT2D eigenvalue weighted by Gasteiger charge is 2.45. The Hall–Kier alpha value is -2.36. The van der Waals surface area contributed by atoms with E-state index in [0.717, 1.165) is 32.8 Å². The molecule has 2 aromatic heterocycles. The Morgan fingerprint density at radius 2 is 2.05 bits per heavy atom. The molecule has 1 amide bonds. The average Bonchev–Trinajstić information content (AvgIpc) is 3.55. The number of nitrogens with zero attached hydrogens (tertiary/aromatic N) is 3. The molecule has 2 aliphatic rings. The fraction of sp³-hybridized carbons (Fsp3) is 0.480. The number of fused-ring (bicyclic) bond motifs is 1. The number of amides is 1. The minimum Gasteiger partial charge on any atom is -0.379 e. The molecule has 2 aliphatic heterocycles. The van der Waals surface area contributed by atoms with Gasteiger partial charge in [-0.05, 0) is 62.4 Å². The van der Waals surface area contributed by atoms with Crippen LogP contribution in [-0.4, -0.2) is 84.7 Å². The van der Waals surface area contributed by atoms with E-state index in [2.05, 4.69) is 37.3 Å². The van der Waals surface area contributed by atoms with E-state index in [0.29, 0.717) is 31.2 Å². The molecule has 0 radical (unpaired) electrons. The second kappa shape index (κ2) is 11.4. The standard InChI is InChI=1S/C25H33N7O4S2/c1-25(2)22(35)31-24(36)32(25)10-9-27-23-26-8-7-16(29-23)18-12-14-11-15(3-4-17(14)38-18)28-20(34)13-37-21-6-5-19(33)30-21/h3-4,7-8,11-12,19,21-22,24,30-31,33,35-36H,5-6,9-10,13H2,1-2H3,(H,28,34)(H,26,27,29). The number of anilines is 2. The average molecular weight is 560 g/mol. The molecular weight excluding hydrogens is 526 g/mol. The Balaban J connectivity index is 1.19. The molecule has 38 heavy (non-hydrogen) atoms. The third-order valence-electron chi connectivity index (χ3n) is 6.85. The van der Waals surface area contributed by atoms with Gasteiger partial charge < -0.3 is 26.0 Å². The van der Waals surface area contributed by atoms with Crippen LogP contribution in [0.3, 0.4) is 0 Å². The van der Waals surface area contributed by atoms with Crippen molar-refractivity contribution in [3.63, 3.8) is 0 Å². The van der Waals surface area contributed by atoms with Crippen LogP contribution in [-0.2, 0) is 4.79 Å². The van der Waals surface area contributed by atoms with E-state index in [1.165, 1.54) is 11.8 Å². The van der Waals surface area contributed by atoms with Crippen LogP contribution in [0.15, 0.2) is 36.5 Å². The topological polar surface area (TPSA) is 155 Å². The van der Waals surface area contributed by atoms with E-state index in [4.69, 9.17) is 0 Å². The molecule has 11 nitrogen and oxygen atoms in total. The van der Waals surface area contributed by atoms with Crippen LogP contribution in [0.5, 0.6) is 0 Å². The van der Waals surface area contributed by atoms with E-state index in [1.807, 2.05) is 38.1 Å². The SMILES string of the molecule is CC1(C)C(O)NC(O)N1CCNc1nccc(-c2cc3cc(NC(=O)CSC4CCC(O)N4)ccc3s2)n1. The molecule has 4 heterocycles. The molecule has 5 rings (SSSR count). The second-order valence-electron chi connectivity index (χ2n) is 9.95. The number of thiophene rings is 1. The van der Waals surface area contributed by atoms with Gasteiger partial charge in [0.05, 0.1) is 27.2 Å². The fourth-order valence-electron chi connectivity index (χ4n) is 4.63. The first kappa shape index (κ1) is 27.2. The number of nitrogens with one attached hydrogen (secondary N) is 4. The molecule has 13 heteroatoms. The highest BCUT2D eigenvalue weighted by Crippen LogP contribution is 2.34. The molecule has 1 aromatic carbocycles. The van der Waals surface area contributed by atoms with E-state index in [-0.39, 0.29) is 11.3 Å². The molecule has 0 spiro atoms. The molecule has 0 saturated carbocycles. The number of hydrogen-bond acceptors (Lipinski definition) is 12. The molecular formula is C25H33N7O4S2. The first-order valence-electron chi connectivity index (χ1n) is 12.5. The van der Waals surface area contributed by atoms with Crippen molar-refractivity contribution in [2.24, 2.45) is 0 Å². The van der Waals surface area contributed by atoms with Crippen LogP contribution in [0.1, 0.15) is 26.7 Å². The van der Waals surface area contributed by atoms with Crippen molar-refractivity contribution in [2.45, 2.75) is 56.4 Å². The second-order valence-corrected chi connectivity index (χ2v) is 12.2. The lowest BCUT2D eigenvalue weighted by Crippen LogP contribution is -2.49. The first-order valence-corrected chi connectivity index (χ1v) is 14.4. The summed E-state index contributed by atoms with van der Waals surface area (Å²) in [6, 6.07) is 9.76. The zero-order valence-electron chi connectivity index (χ0n) is 21.2. The molecule has 2 saturated heterocycles. The normalized spacial score (nSPS) is 25.2. The van der Waals surface area contributed by atoms with Crippen molar-refractivity contribution in [3.05, 3.63) is 36.5 Å². The maximum absolute atomic E-state index is 12.4. The van der Waals surface area contributed by atoms with E-state index >= 15 is 0 Å². The number of carbonyl (C=O) groups excluding carboxylic acids is 1. The van der Waals surface area contributed by atoms with Crippen molar-refractivity contribution in [2.75, 3.05) is 29.5 Å². The van der Waals surface area contributed by atoms with Gasteiger partial charge in [0.25, 0.3) is 0 Å². The van der Waals surface area contributed by atoms with Gasteiger partial charge in [-0.25, -0.2) is 9.97 Å². The van der Waals surface area contributed by atoms with Crippen LogP contribution in [0.4, 0.5) is 11.6 Å². The maximum Gasteiger partial charge on any atom is 0.234 e. The third-order valence-corrected chi connectivity index (χ3v) is 9.19. The van der Waals surface area contributed by atoms with E-state index < -0.39 is 24.3 Å². The number of aromatic nitrogens is 2. The number of carbonyl (C=O) groups is 1. The largest absolute Gasteiger partial charge is 0.379 e. The van der Waals surface area contributed by atoms with Crippen LogP contribution < -0.4 is 21.3 Å². The monoisotopic (exact) mass is 559 g/mol. The molecule has 0 bridgehead atoms. The lowest BCUT2D eigenvalue weighted by molar-refractivity contribution is -0.113. The molecule has 7 N–H and O–H groups in total. The fourth-order valence-corrected chi connectivity index (χ4v) is 6.62. The number of hydrogen-bond donors (Lipinski definition) is 7. The summed E-state index contributed by atoms with van der Waals surface area (Å²) in [7, 11) is 0. The number of rotatable bonds is 9. The Labute approximate surface area is 229 Å². The minimum absolute atomic E-state index is 0.0744. The van der Waals surface area contributed by atoms with Crippen molar-refractivity contribution in [3.8, 4) is 10.6 Å². The van der Waals surface area contributed by atoms with Crippen LogP contribution >= 0.6 is 23.1 Å². The van der Waals surface area contributed by atoms with Crippen LogP contribution in [0.2, 0.25) is 0 Å². The summed E-state index contributed by atoms with van der Waals surface area (Å²) in [5.41, 5.74) is 0.925. The van der Waals surface area contributed by atoms with E-state index in [9.17, 15) is 20.1 Å². The molecule has 4 unspecified atom stereocenters. The van der Waals surface area contributed by atoms with Crippen LogP contribution in [0.25, 0.3) is 20.7 Å². The Morgan fingerprint density at radius 3 is 2.79 bits per heavy atom. The summed E-state index contributed by atoms with van der Waals surface area (Å²) < 4.78 is 1.08. The Morgan fingerprint density at radius 1 is 1.21 bits per heavy atom. The lowest BCUT2D eigenvalue weighted by Gasteiger charge is -2.33. The molecule has 4 atom stereocenters. The van der Waals surface area contributed by atoms with Crippen molar-refractivity contribution >= 4 is 50.7 Å². The third kappa shape index (κ3) is 6.10. The van der Waals surface area contributed by atoms with Crippen LogP contribution in [0, 0.1) is 0 Å². The van der Waals surface area contributed by atoms with Gasteiger partial charge in [-0.2, -0.15) is 0 Å². The Bertz CT molecular complexity index is 1290. The maximum atomic E-state index is 12.4. The van der Waals surface area contributed by atoms with Gasteiger partial charge in [0.1, 0.15) is 12.5 Å². The highest BCUT2D eigenvalue weighted by atomic mass is 32.2. The summed E-state index contributed by atoms with van der Waals surface area (Å²) in [4.78, 5) is 24.2. The Kier molecular flexibility index (Phi) is 8.16. The van der Waals surface area contributed by atoms with Gasteiger partial charge in [-0.15, -0.1) is 23.1 Å². The summed E-state index contributed by atoms with van der Waals surface area (Å²) in [6.07, 6.45) is 1.06. The zero-order valence-corrected chi connectivity index (χ0v) is 22.9. The van der Waals surface area contributed by atoms with Gasteiger partial charge in [0.2, 0.25) is 11.9 Å². The molecule has 204 valence electrons. The van der Waals surface area contributed by atoms with Gasteiger partial charge in [0.15, 0.2) is 6.35 Å². The smallest absolute Gasteiger partial charge is 0.234 e. The molecule has 3 aromatic rings. The van der Waals surface area contributed by atoms with Gasteiger partial charge in [0, 0.05) is 29.7 Å². The molecule has 2 fully saturated rings. The van der Waals surface area contributed by atoms with Gasteiger partial charge in [-0.1, -0.05) is 0 Å². The predicted molar refractivity (Wildman–Crippen MR) is 151 cm³/mol. The van der Waals surface area contributed by atoms with Crippen molar-refractivity contribution in [1.82, 2.24) is 25.5 Å². The van der Waals surface area contributed by atoms with Gasteiger partial charge in [-0.3, -0.25) is 20.3 Å². The number of benzene rings is 1. The van der Waals surface area contributed by atoms with E-state index in [1.54, 1.807) is 22.4 Å². The zero-order chi connectivity index (χ0) is 26.9. The van der Waals surface area contributed by atoms with Gasteiger partial charge >= 0.3 is 0 Å². The summed E-state index contributed by atoms with van der Waals surface area (Å²) in [5, 5.41) is 42.9. The van der Waals surface area contributed by atoms with Crippen molar-refractivity contribution < 1.29 is 20.1 Å². The highest BCUT2D eigenvalue weighted by molar-refractivity contribution is 8.00. The number of thioether (sulfide) groups is 1. The first-order chi connectivity index (χ1) is 18.2. The summed E-state index contributed by atoms with van der Waals surface area (Å²) >= 11 is 3.12. The predicted octanol–water partition coefficient (Wildman–Crippen LogP) is 1.75. The molecule has 0 aliphatic carbocycles. The summed E-state index contributed by atoms with van der Waals surface area (Å²) in [5.74, 6) is 0.726. The van der Waals surface area contributed by atoms with Crippen molar-refractivity contribution in [1.29, 1.82) is 0 Å². The number of aliphatic hydroxyl groups is 3.